The molecule has 0 amide bonds. The minimum Gasteiger partial charge on any atom is -0.285 e. The lowest BCUT2D eigenvalue weighted by molar-refractivity contribution is -0.657. The van der Waals surface area contributed by atoms with E-state index >= 15 is 0 Å². The van der Waals surface area contributed by atoms with Crippen molar-refractivity contribution in [1.29, 1.82) is 0 Å². The number of pyridine rings is 1. The van der Waals surface area contributed by atoms with Crippen LogP contribution < -0.4 is 14.8 Å². The molecule has 0 saturated carbocycles. The minimum absolute atomic E-state index is 0.374. The molecule has 0 radical (unpaired) electrons. The molecule has 2 aliphatic rings. The van der Waals surface area contributed by atoms with E-state index in [2.05, 4.69) is 91.1 Å². The highest BCUT2D eigenvalue weighted by Crippen LogP contribution is 2.48. The maximum Gasteiger partial charge on any atom is 0.420 e. The molecule has 2 aromatic carbocycles. The summed E-state index contributed by atoms with van der Waals surface area (Å²) in [5.41, 5.74) is 8.37. The van der Waals surface area contributed by atoms with Crippen molar-refractivity contribution in [3.63, 3.8) is 0 Å². The van der Waals surface area contributed by atoms with E-state index in [4.69, 9.17) is 0 Å². The van der Waals surface area contributed by atoms with Crippen LogP contribution in [0.4, 0.5) is 11.5 Å². The molecule has 2 aliphatic heterocycles. The molecule has 1 unspecified atom stereocenters. The Bertz CT molecular complexity index is 979. The molecular weight excluding hydrogens is 291 g/mol. The first-order valence-corrected chi connectivity index (χ1v) is 8.65. The summed E-state index contributed by atoms with van der Waals surface area (Å²) in [4.78, 5) is 2.58. The fraction of sp³-hybridized carbons (Fsp3) is 0.190. The van der Waals surface area contributed by atoms with Crippen LogP contribution in [0.5, 0.6) is 0 Å². The number of nitrogens with zero attached hydrogens (tertiary/aromatic N) is 2. The second-order valence-electron chi connectivity index (χ2n) is 7.06. The first kappa shape index (κ1) is 13.9. The highest BCUT2D eigenvalue weighted by Gasteiger charge is 2.53. The number of fused-ring (bicyclic) bond motifs is 8. The smallest absolute Gasteiger partial charge is 0.285 e. The Hall–Kier alpha value is -2.55. The number of aromatic nitrogens is 1. The van der Waals surface area contributed by atoms with Gasteiger partial charge >= 0.3 is 6.85 Å². The zero-order valence-electron chi connectivity index (χ0n) is 14.3. The van der Waals surface area contributed by atoms with Crippen molar-refractivity contribution >= 4 is 23.8 Å². The summed E-state index contributed by atoms with van der Waals surface area (Å²) in [6.07, 6.45) is 2.16. The first-order chi connectivity index (χ1) is 11.7. The van der Waals surface area contributed by atoms with Gasteiger partial charge in [0.2, 0.25) is 0 Å². The second kappa shape index (κ2) is 4.73. The molecule has 2 nitrogen and oxygen atoms in total. The molecule has 116 valence electrons. The summed E-state index contributed by atoms with van der Waals surface area (Å²) in [5, 5.41) is 0. The van der Waals surface area contributed by atoms with Gasteiger partial charge in [-0.05, 0) is 41.2 Å². The average Bonchev–Trinajstić information content (AvgIpc) is 2.90. The number of para-hydroxylation sites is 1. The highest BCUT2D eigenvalue weighted by atomic mass is 15.2. The Kier molecular flexibility index (Phi) is 2.73. The summed E-state index contributed by atoms with van der Waals surface area (Å²) in [6.45, 7) is 4.98. The number of anilines is 2. The van der Waals surface area contributed by atoms with Crippen LogP contribution in [-0.2, 0) is 7.05 Å². The van der Waals surface area contributed by atoms with Crippen molar-refractivity contribution in [3.8, 4) is 11.1 Å². The summed E-state index contributed by atoms with van der Waals surface area (Å²) in [5.74, 6) is 1.79. The third-order valence-electron chi connectivity index (χ3n) is 5.70. The van der Waals surface area contributed by atoms with Gasteiger partial charge in [0.05, 0.1) is 18.8 Å². The molecule has 3 heterocycles. The average molecular weight is 311 g/mol. The fourth-order valence-corrected chi connectivity index (χ4v) is 4.67. The molecule has 3 heteroatoms. The summed E-state index contributed by atoms with van der Waals surface area (Å²) in [6, 6.07) is 20.0. The molecule has 0 fully saturated rings. The van der Waals surface area contributed by atoms with Crippen molar-refractivity contribution < 1.29 is 4.57 Å². The van der Waals surface area contributed by atoms with Gasteiger partial charge in [-0.15, -0.1) is 0 Å². The Morgan fingerprint density at radius 2 is 1.75 bits per heavy atom. The molecule has 0 aliphatic carbocycles. The monoisotopic (exact) mass is 311 g/mol. The van der Waals surface area contributed by atoms with E-state index in [0.29, 0.717) is 12.7 Å². The molecule has 24 heavy (non-hydrogen) atoms. The summed E-state index contributed by atoms with van der Waals surface area (Å²) >= 11 is 0. The van der Waals surface area contributed by atoms with Crippen LogP contribution in [-0.4, -0.2) is 6.85 Å². The second-order valence-corrected chi connectivity index (χ2v) is 7.06. The largest absolute Gasteiger partial charge is 0.420 e. The van der Waals surface area contributed by atoms with Gasteiger partial charge in [-0.3, -0.25) is 4.81 Å². The number of benzene rings is 2. The normalized spacial score (nSPS) is 17.2. The highest BCUT2D eigenvalue weighted by molar-refractivity contribution is 6.82. The fourth-order valence-electron chi connectivity index (χ4n) is 4.67. The third kappa shape index (κ3) is 1.59. The maximum absolute atomic E-state index is 2.58. The van der Waals surface area contributed by atoms with Gasteiger partial charge in [0.15, 0.2) is 0 Å². The number of hydrogen-bond donors (Lipinski definition) is 0. The molecule has 3 aromatic rings. The van der Waals surface area contributed by atoms with Crippen molar-refractivity contribution in [2.45, 2.75) is 19.7 Å². The van der Waals surface area contributed by atoms with E-state index in [9.17, 15) is 0 Å². The quantitative estimate of drug-likeness (QED) is 0.455. The first-order valence-electron chi connectivity index (χ1n) is 8.65. The number of rotatable bonds is 0. The van der Waals surface area contributed by atoms with E-state index < -0.39 is 0 Å². The van der Waals surface area contributed by atoms with Crippen LogP contribution in [0.2, 0.25) is 0 Å². The standard InChI is InChI=1S/C21H20BN2/c1-14-8-6-10-16-15(2)22-19-12-5-4-9-17(19)18-11-7-13-23(3)21(18)24(22)20(14)16/h4-13,15H,1-3H3/q+1. The topological polar surface area (TPSA) is 7.12 Å². The molecule has 0 bridgehead atoms. The van der Waals surface area contributed by atoms with Gasteiger partial charge < -0.3 is 0 Å². The van der Waals surface area contributed by atoms with E-state index in [1.807, 2.05) is 0 Å². The zero-order chi connectivity index (χ0) is 16.4. The van der Waals surface area contributed by atoms with E-state index in [0.717, 1.165) is 0 Å². The molecule has 5 rings (SSSR count). The molecule has 0 N–H and O–H groups in total. The SMILES string of the molecule is Cc1cccc2c1N1B(c3ccccc3-c3ccc[n+](C)c31)C2C. The van der Waals surface area contributed by atoms with Crippen LogP contribution in [0, 0.1) is 6.92 Å². The summed E-state index contributed by atoms with van der Waals surface area (Å²) in [7, 11) is 2.16. The van der Waals surface area contributed by atoms with E-state index in [-0.39, 0.29) is 0 Å². The van der Waals surface area contributed by atoms with Crippen molar-refractivity contribution in [3.05, 3.63) is 71.9 Å². The Labute approximate surface area is 143 Å². The Morgan fingerprint density at radius 1 is 0.958 bits per heavy atom. The van der Waals surface area contributed by atoms with Crippen molar-refractivity contribution in [1.82, 2.24) is 0 Å². The molecule has 1 aromatic heterocycles. The molecule has 0 saturated heterocycles. The van der Waals surface area contributed by atoms with Gasteiger partial charge in [0, 0.05) is 5.82 Å². The Balaban J connectivity index is 1.92. The predicted molar refractivity (Wildman–Crippen MR) is 100 cm³/mol. The van der Waals surface area contributed by atoms with Gasteiger partial charge in [-0.1, -0.05) is 49.4 Å². The third-order valence-corrected chi connectivity index (χ3v) is 5.70. The van der Waals surface area contributed by atoms with Crippen molar-refractivity contribution in [2.75, 3.05) is 4.81 Å². The van der Waals surface area contributed by atoms with Gasteiger partial charge in [0.1, 0.15) is 5.69 Å². The van der Waals surface area contributed by atoms with Crippen LogP contribution >= 0.6 is 0 Å². The van der Waals surface area contributed by atoms with E-state index in [1.54, 1.807) is 0 Å². The van der Waals surface area contributed by atoms with Gasteiger partial charge in [0.25, 0.3) is 5.82 Å². The van der Waals surface area contributed by atoms with E-state index in [1.165, 1.54) is 39.2 Å². The van der Waals surface area contributed by atoms with Crippen LogP contribution in [0.3, 0.4) is 0 Å². The van der Waals surface area contributed by atoms with Crippen LogP contribution in [0.25, 0.3) is 11.1 Å². The van der Waals surface area contributed by atoms with Crippen LogP contribution in [0.1, 0.15) is 23.9 Å². The van der Waals surface area contributed by atoms with Gasteiger partial charge in [-0.2, -0.15) is 0 Å². The molecule has 0 spiro atoms. The summed E-state index contributed by atoms with van der Waals surface area (Å²) < 4.78 is 2.27. The Morgan fingerprint density at radius 3 is 2.62 bits per heavy atom. The van der Waals surface area contributed by atoms with Gasteiger partial charge in [-0.25, -0.2) is 4.57 Å². The zero-order valence-corrected chi connectivity index (χ0v) is 14.3. The van der Waals surface area contributed by atoms with Crippen molar-refractivity contribution in [2.24, 2.45) is 7.05 Å². The lowest BCUT2D eigenvalue weighted by Gasteiger charge is -2.29. The number of aryl methyl sites for hydroxylation is 2. The molecular formula is C21H20BN2+. The lowest BCUT2D eigenvalue weighted by Crippen LogP contribution is -2.53. The number of hydrogen-bond acceptors (Lipinski definition) is 1. The minimum atomic E-state index is 0.374. The predicted octanol–water partition coefficient (Wildman–Crippen LogP) is 3.49. The van der Waals surface area contributed by atoms with Crippen LogP contribution in [0.15, 0.2) is 60.8 Å². The molecule has 1 atom stereocenters. The lowest BCUT2D eigenvalue weighted by atomic mass is 9.44. The maximum atomic E-state index is 2.58.